The lowest BCUT2D eigenvalue weighted by Gasteiger charge is -2.27. The monoisotopic (exact) mass is 770 g/mol. The lowest BCUT2D eigenvalue weighted by molar-refractivity contribution is 1.06. The third-order valence-electron chi connectivity index (χ3n) is 10.7. The third kappa shape index (κ3) is 8.36. The van der Waals surface area contributed by atoms with Crippen LogP contribution in [0.25, 0.3) is 44.2 Å². The molecule has 0 fully saturated rings. The zero-order chi connectivity index (χ0) is 40.5. The van der Waals surface area contributed by atoms with Crippen LogP contribution in [-0.4, -0.2) is 18.4 Å². The van der Waals surface area contributed by atoms with Crippen molar-refractivity contribution in [3.05, 3.63) is 247 Å². The van der Waals surface area contributed by atoms with Gasteiger partial charge in [0.1, 0.15) is 0 Å². The molecule has 0 atom stereocenters. The molecule has 0 amide bonds. The molecule has 0 aliphatic carbocycles. The molecule has 0 bridgehead atoms. The van der Waals surface area contributed by atoms with Crippen molar-refractivity contribution in [3.63, 3.8) is 0 Å². The van der Waals surface area contributed by atoms with Gasteiger partial charge >= 0.3 is 0 Å². The van der Waals surface area contributed by atoms with Crippen LogP contribution in [0.2, 0.25) is 0 Å². The van der Waals surface area contributed by atoms with E-state index < -0.39 is 0 Å². The number of hydrogen-bond donors (Lipinski definition) is 0. The number of benzene rings is 9. The average molecular weight is 771 g/mol. The van der Waals surface area contributed by atoms with E-state index in [1.165, 1.54) is 21.9 Å². The van der Waals surface area contributed by atoms with Crippen molar-refractivity contribution < 1.29 is 0 Å². The number of hydrogen-bond acceptors (Lipinski definition) is 2. The number of amidine groups is 2. The van der Waals surface area contributed by atoms with Gasteiger partial charge in [-0.1, -0.05) is 200 Å². The van der Waals surface area contributed by atoms with Gasteiger partial charge in [0.15, 0.2) is 11.7 Å². The first-order valence-corrected chi connectivity index (χ1v) is 20.1. The Morgan fingerprint density at radius 1 is 0.383 bits per heavy atom. The maximum atomic E-state index is 5.07. The molecular formula is C56H42N4. The normalized spacial score (nSPS) is 11.7. The van der Waals surface area contributed by atoms with Gasteiger partial charge in [0.2, 0.25) is 0 Å². The Kier molecular flexibility index (Phi) is 11.1. The van der Waals surface area contributed by atoms with E-state index in [9.17, 15) is 0 Å². The van der Waals surface area contributed by atoms with Gasteiger partial charge in [-0.25, -0.2) is 9.98 Å². The predicted octanol–water partition coefficient (Wildman–Crippen LogP) is 14.4. The second-order valence-electron chi connectivity index (χ2n) is 14.5. The first kappa shape index (κ1) is 37.6. The van der Waals surface area contributed by atoms with Gasteiger partial charge < -0.3 is 4.90 Å². The smallest absolute Gasteiger partial charge is 0.161 e. The van der Waals surface area contributed by atoms with E-state index in [4.69, 9.17) is 9.98 Å². The molecule has 0 saturated carbocycles. The van der Waals surface area contributed by atoms with Crippen molar-refractivity contribution in [1.29, 1.82) is 0 Å². The highest BCUT2D eigenvalue weighted by Gasteiger charge is 2.16. The van der Waals surface area contributed by atoms with E-state index in [-0.39, 0.29) is 0 Å². The zero-order valence-electron chi connectivity index (χ0n) is 33.1. The van der Waals surface area contributed by atoms with Crippen LogP contribution in [0.1, 0.15) is 16.7 Å². The van der Waals surface area contributed by atoms with Gasteiger partial charge in [0.05, 0.1) is 12.2 Å². The van der Waals surface area contributed by atoms with E-state index in [2.05, 4.69) is 235 Å². The van der Waals surface area contributed by atoms with Gasteiger partial charge in [-0.05, 0) is 81.4 Å². The molecule has 0 radical (unpaired) electrons. The minimum absolute atomic E-state index is 0.468. The largest absolute Gasteiger partial charge is 0.310 e. The van der Waals surface area contributed by atoms with Crippen molar-refractivity contribution in [2.24, 2.45) is 15.0 Å². The maximum Gasteiger partial charge on any atom is 0.161 e. The summed E-state index contributed by atoms with van der Waals surface area (Å²) in [5, 5.41) is 2.41. The highest BCUT2D eigenvalue weighted by Crippen LogP contribution is 2.39. The van der Waals surface area contributed by atoms with Crippen molar-refractivity contribution in [1.82, 2.24) is 0 Å². The molecule has 0 aromatic heterocycles. The number of nitrogens with zero attached hydrogens (tertiary/aromatic N) is 4. The molecule has 4 nitrogen and oxygen atoms in total. The van der Waals surface area contributed by atoms with Gasteiger partial charge in [-0.2, -0.15) is 0 Å². The summed E-state index contributed by atoms with van der Waals surface area (Å²) in [5.41, 5.74) is 13.0. The first-order chi connectivity index (χ1) is 29.7. The third-order valence-corrected chi connectivity index (χ3v) is 10.7. The zero-order valence-corrected chi connectivity index (χ0v) is 33.1. The topological polar surface area (TPSA) is 40.3 Å². The van der Waals surface area contributed by atoms with Crippen LogP contribution >= 0.6 is 0 Å². The second kappa shape index (κ2) is 17.7. The fraction of sp³-hybridized carbons (Fsp3) is 0.0179. The van der Waals surface area contributed by atoms with Crippen molar-refractivity contribution in [2.45, 2.75) is 6.54 Å². The quantitative estimate of drug-likeness (QED) is 0.101. The van der Waals surface area contributed by atoms with Crippen LogP contribution in [0.3, 0.4) is 0 Å². The van der Waals surface area contributed by atoms with E-state index in [0.29, 0.717) is 18.2 Å². The van der Waals surface area contributed by atoms with E-state index in [1.54, 1.807) is 0 Å². The van der Waals surface area contributed by atoms with Crippen LogP contribution < -0.4 is 4.90 Å². The summed E-state index contributed by atoms with van der Waals surface area (Å²) in [5.74, 6) is 1.11. The number of aliphatic imine (C=N–C) groups is 3. The van der Waals surface area contributed by atoms with Crippen LogP contribution in [0.5, 0.6) is 0 Å². The van der Waals surface area contributed by atoms with E-state index in [0.717, 1.165) is 56.0 Å². The molecule has 9 rings (SSSR count). The minimum atomic E-state index is 0.468. The summed E-state index contributed by atoms with van der Waals surface area (Å²) in [6.07, 6.45) is 0. The van der Waals surface area contributed by atoms with E-state index >= 15 is 0 Å². The van der Waals surface area contributed by atoms with Gasteiger partial charge in [0, 0.05) is 27.9 Å². The Balaban J connectivity index is 1.00. The highest BCUT2D eigenvalue weighted by atomic mass is 15.1. The Morgan fingerprint density at radius 2 is 0.817 bits per heavy atom. The molecule has 0 heterocycles. The lowest BCUT2D eigenvalue weighted by Crippen LogP contribution is -2.10. The molecule has 286 valence electrons. The molecule has 0 unspecified atom stereocenters. The Labute approximate surface area is 351 Å². The standard InChI is InChI=1S/C56H42N4/c1-57-55(59-56(50-34-30-45(31-35-50)43-16-7-3-8-17-43)58-40-41-24-26-44(27-25-41)42-14-5-2-6-15-42)49-32-28-46(29-33-49)47-36-38-52(39-37-47)60(51-20-9-4-10-21-51)54-23-13-19-48-18-11-12-22-53(48)54/h2-39H,1,40H2. The molecule has 9 aromatic carbocycles. The molecule has 0 aliphatic rings. The van der Waals surface area contributed by atoms with E-state index in [1.807, 2.05) is 12.1 Å². The Morgan fingerprint density at radius 3 is 1.38 bits per heavy atom. The van der Waals surface area contributed by atoms with Crippen molar-refractivity contribution in [3.8, 4) is 33.4 Å². The van der Waals surface area contributed by atoms with Gasteiger partial charge in [0.25, 0.3) is 0 Å². The highest BCUT2D eigenvalue weighted by molar-refractivity contribution is 6.13. The van der Waals surface area contributed by atoms with Crippen molar-refractivity contribution in [2.75, 3.05) is 4.90 Å². The van der Waals surface area contributed by atoms with Crippen LogP contribution in [-0.2, 0) is 6.54 Å². The van der Waals surface area contributed by atoms with Crippen molar-refractivity contribution >= 4 is 46.2 Å². The predicted molar refractivity (Wildman–Crippen MR) is 254 cm³/mol. The average Bonchev–Trinajstić information content (AvgIpc) is 3.33. The molecule has 0 saturated heterocycles. The fourth-order valence-electron chi connectivity index (χ4n) is 7.55. The molecular weight excluding hydrogens is 729 g/mol. The Hall–Kier alpha value is -7.95. The summed E-state index contributed by atoms with van der Waals surface area (Å²) >= 11 is 0. The number of para-hydroxylation sites is 1. The first-order valence-electron chi connectivity index (χ1n) is 20.1. The number of rotatable bonds is 10. The molecule has 0 spiro atoms. The van der Waals surface area contributed by atoms with Gasteiger partial charge in [-0.15, -0.1) is 0 Å². The number of fused-ring (bicyclic) bond motifs is 1. The summed E-state index contributed by atoms with van der Waals surface area (Å²) < 4.78 is 0. The van der Waals surface area contributed by atoms with Gasteiger partial charge in [-0.3, -0.25) is 4.99 Å². The SMILES string of the molecule is C=NC(=NC(=NCc1ccc(-c2ccccc2)cc1)c1ccc(-c2ccccc2)cc1)c1ccc(-c2ccc(N(c3ccccc3)c3cccc4ccccc34)cc2)cc1. The minimum Gasteiger partial charge on any atom is -0.310 e. The maximum absolute atomic E-state index is 5.07. The summed E-state index contributed by atoms with van der Waals surface area (Å²) in [4.78, 5) is 16.9. The number of anilines is 3. The fourth-order valence-corrected chi connectivity index (χ4v) is 7.55. The van der Waals surface area contributed by atoms with Crippen LogP contribution in [0.15, 0.2) is 245 Å². The molecule has 60 heavy (non-hydrogen) atoms. The van der Waals surface area contributed by atoms with Crippen LogP contribution in [0.4, 0.5) is 17.1 Å². The summed E-state index contributed by atoms with van der Waals surface area (Å²) in [6.45, 7) is 4.40. The molecule has 0 aliphatic heterocycles. The molecule has 4 heteroatoms. The summed E-state index contributed by atoms with van der Waals surface area (Å²) in [6, 6.07) is 80.4. The Bertz CT molecular complexity index is 2900. The summed E-state index contributed by atoms with van der Waals surface area (Å²) in [7, 11) is 0. The molecule has 9 aromatic rings. The lowest BCUT2D eigenvalue weighted by atomic mass is 10.0. The molecule has 0 N–H and O–H groups in total. The van der Waals surface area contributed by atoms with Crippen LogP contribution in [0, 0.1) is 0 Å². The second-order valence-corrected chi connectivity index (χ2v) is 14.5.